The first-order valence-electron chi connectivity index (χ1n) is 25.3. The maximum Gasteiger partial charge on any atom is 0.223 e. The molecule has 2 atom stereocenters. The Morgan fingerprint density at radius 1 is 0.507 bits per heavy atom. The van der Waals surface area contributed by atoms with Gasteiger partial charge < -0.3 is 19.8 Å². The number of H-pyrrole nitrogens is 2. The number of aromatic nitrogens is 2. The zero-order chi connectivity index (χ0) is 50.3. The van der Waals surface area contributed by atoms with Gasteiger partial charge in [-0.05, 0) is 161 Å². The van der Waals surface area contributed by atoms with Gasteiger partial charge in [0.25, 0.3) is 0 Å². The van der Waals surface area contributed by atoms with Crippen LogP contribution in [-0.2, 0) is 35.5 Å². The molecule has 2 amide bonds. The average Bonchev–Trinajstić information content (AvgIpc) is 4.01. The highest BCUT2D eigenvalue weighted by atomic mass is 79.9. The van der Waals surface area contributed by atoms with Crippen molar-refractivity contribution in [1.82, 2.24) is 19.8 Å². The number of amides is 2. The molecule has 2 N–H and O–H groups in total. The lowest BCUT2D eigenvalue weighted by molar-refractivity contribution is -0.134. The van der Waals surface area contributed by atoms with E-state index in [9.17, 15) is 9.59 Å². The smallest absolute Gasteiger partial charge is 0.223 e. The fourth-order valence-corrected chi connectivity index (χ4v) is 10.5. The second-order valence-electron chi connectivity index (χ2n) is 19.6. The molecule has 0 fully saturated rings. The molecule has 73 heavy (non-hydrogen) atoms. The molecule has 0 saturated heterocycles. The van der Waals surface area contributed by atoms with Gasteiger partial charge in [0, 0.05) is 66.6 Å². The summed E-state index contributed by atoms with van der Waals surface area (Å²) in [7, 11) is 0. The van der Waals surface area contributed by atoms with Crippen LogP contribution in [0.3, 0.4) is 0 Å². The third-order valence-electron chi connectivity index (χ3n) is 15.0. The third kappa shape index (κ3) is 12.9. The number of carbonyl (C=O) groups is 2. The van der Waals surface area contributed by atoms with Crippen LogP contribution in [0.4, 0.5) is 0 Å². The first-order chi connectivity index (χ1) is 34.2. The van der Waals surface area contributed by atoms with Crippen molar-refractivity contribution in [3.63, 3.8) is 0 Å². The summed E-state index contributed by atoms with van der Waals surface area (Å²) in [5, 5.41) is 0. The Bertz CT molecular complexity index is 2890. The van der Waals surface area contributed by atoms with E-state index in [0.29, 0.717) is 38.8 Å². The zero-order valence-electron chi connectivity index (χ0n) is 44.2. The number of benzene rings is 4. The molecule has 0 unspecified atom stereocenters. The summed E-state index contributed by atoms with van der Waals surface area (Å²) in [4.78, 5) is 49.8. The van der Waals surface area contributed by atoms with Crippen molar-refractivity contribution in [2.24, 2.45) is 9.98 Å². The maximum absolute atomic E-state index is 14.1. The number of hydrogen-bond donors (Lipinski definition) is 2. The normalized spacial score (nSPS) is 15.3. The molecule has 0 spiro atoms. The molecule has 380 valence electrons. The van der Waals surface area contributed by atoms with E-state index in [2.05, 4.69) is 140 Å². The van der Waals surface area contributed by atoms with E-state index in [0.717, 1.165) is 85.4 Å². The Morgan fingerprint density at radius 2 is 0.836 bits per heavy atom. The van der Waals surface area contributed by atoms with E-state index < -0.39 is 0 Å². The highest BCUT2D eigenvalue weighted by Crippen LogP contribution is 2.37. The van der Waals surface area contributed by atoms with Crippen LogP contribution in [0.1, 0.15) is 140 Å². The minimum absolute atomic E-state index is 0. The van der Waals surface area contributed by atoms with Crippen molar-refractivity contribution in [3.8, 4) is 0 Å². The number of rotatable bonds is 18. The predicted molar refractivity (Wildman–Crippen MR) is 314 cm³/mol. The highest BCUT2D eigenvalue weighted by molar-refractivity contribution is 8.93. The monoisotopic (exact) mass is 1100 g/mol. The standard InChI is InChI=1S/C63H70N6O2.2BrH/c1-40-54(31-33-62(70)68(38-50-23-15-11-16-24-50)48(9)52-27-19-13-20-28-52)44(5)64-58(40)36-60-42(3)56(46(7)66-60)35-57-43(4)61(67-47(57)8)37-59-41(2)55(45(6)65-59)32-34-63(71)69(39-51-25-17-12-18-26-51)49(10)53-29-21-14-22-30-53;;/h11-30,36-37,48-49,64-65H,31-35,38-39H2,1-10H3;2*1H/b60-36-,61-37-;;/t48-,49-;;/m0../s1. The van der Waals surface area contributed by atoms with Gasteiger partial charge >= 0.3 is 0 Å². The van der Waals surface area contributed by atoms with Crippen molar-refractivity contribution in [2.75, 3.05) is 0 Å². The summed E-state index contributed by atoms with van der Waals surface area (Å²) >= 11 is 0. The van der Waals surface area contributed by atoms with Crippen LogP contribution >= 0.6 is 34.0 Å². The molecule has 10 heteroatoms. The number of allylic oxidation sites excluding steroid dienone is 4. The van der Waals surface area contributed by atoms with Crippen LogP contribution in [0.2, 0.25) is 0 Å². The van der Waals surface area contributed by atoms with Gasteiger partial charge in [-0.1, -0.05) is 121 Å². The summed E-state index contributed by atoms with van der Waals surface area (Å²) in [6.45, 7) is 22.5. The molecule has 0 saturated carbocycles. The van der Waals surface area contributed by atoms with E-state index in [-0.39, 0.29) is 57.9 Å². The topological polar surface area (TPSA) is 96.9 Å². The van der Waals surface area contributed by atoms with E-state index in [1.54, 1.807) is 0 Å². The first-order valence-corrected chi connectivity index (χ1v) is 25.3. The Kier molecular flexibility index (Phi) is 19.2. The maximum atomic E-state index is 14.1. The largest absolute Gasteiger partial charge is 0.359 e. The number of aryl methyl sites for hydroxylation is 2. The molecule has 0 aliphatic carbocycles. The number of carbonyl (C=O) groups excluding carboxylic acids is 2. The molecule has 0 bridgehead atoms. The second kappa shape index (κ2) is 25.0. The van der Waals surface area contributed by atoms with E-state index in [1.165, 1.54) is 33.4 Å². The molecule has 8 nitrogen and oxygen atoms in total. The van der Waals surface area contributed by atoms with Gasteiger partial charge in [0.2, 0.25) is 11.8 Å². The molecule has 6 aromatic rings. The molecule has 2 aliphatic rings. The summed E-state index contributed by atoms with van der Waals surface area (Å²) in [5.74, 6) is 0.279. The lowest BCUT2D eigenvalue weighted by Crippen LogP contribution is -2.33. The molecule has 2 aliphatic heterocycles. The number of nitrogens with zero attached hydrogens (tertiary/aromatic N) is 4. The first kappa shape index (κ1) is 55.9. The summed E-state index contributed by atoms with van der Waals surface area (Å²) in [6, 6.07) is 41.0. The lowest BCUT2D eigenvalue weighted by Gasteiger charge is -2.30. The van der Waals surface area contributed by atoms with Crippen LogP contribution in [-0.4, -0.2) is 43.0 Å². The quantitative estimate of drug-likeness (QED) is 0.0897. The number of aromatic amines is 2. The van der Waals surface area contributed by atoms with E-state index in [4.69, 9.17) is 9.98 Å². The Labute approximate surface area is 454 Å². The fraction of sp³-hybridized carbons (Fsp3) is 0.302. The predicted octanol–water partition coefficient (Wildman–Crippen LogP) is 15.5. The molecular formula is C63H72Br2N6O2. The van der Waals surface area contributed by atoms with Crippen LogP contribution in [0, 0.1) is 27.7 Å². The van der Waals surface area contributed by atoms with Crippen molar-refractivity contribution < 1.29 is 9.59 Å². The number of nitrogens with one attached hydrogen (secondary N) is 2. The minimum Gasteiger partial charge on any atom is -0.359 e. The second-order valence-corrected chi connectivity index (χ2v) is 19.6. The van der Waals surface area contributed by atoms with Crippen molar-refractivity contribution in [1.29, 1.82) is 0 Å². The lowest BCUT2D eigenvalue weighted by atomic mass is 9.93. The van der Waals surface area contributed by atoms with Gasteiger partial charge in [0.05, 0.1) is 23.5 Å². The third-order valence-corrected chi connectivity index (χ3v) is 15.0. The van der Waals surface area contributed by atoms with E-state index >= 15 is 0 Å². The van der Waals surface area contributed by atoms with Crippen molar-refractivity contribution in [2.45, 2.75) is 127 Å². The van der Waals surface area contributed by atoms with E-state index in [1.807, 2.05) is 82.6 Å². The number of hydrogen-bond acceptors (Lipinski definition) is 4. The van der Waals surface area contributed by atoms with Gasteiger partial charge in [-0.15, -0.1) is 34.0 Å². The fourth-order valence-electron chi connectivity index (χ4n) is 10.5. The average molecular weight is 1110 g/mol. The molecule has 4 aromatic carbocycles. The summed E-state index contributed by atoms with van der Waals surface area (Å²) < 4.78 is 0. The summed E-state index contributed by atoms with van der Waals surface area (Å²) in [5.41, 5.74) is 22.1. The van der Waals surface area contributed by atoms with Gasteiger partial charge in [0.1, 0.15) is 0 Å². The molecule has 4 heterocycles. The van der Waals surface area contributed by atoms with Crippen molar-refractivity contribution >= 4 is 69.4 Å². The molecule has 0 radical (unpaired) electrons. The SMILES string of the molecule is Br.Br.CC1=N/C(=C\c2[nH]c(C)c(CCC(=O)N(Cc3ccccc3)[C@@H](C)c3ccccc3)c2C)C(C)=C1CC1=C(C)/C(=C/c2[nH]c(C)c(CCC(=O)N(Cc3ccccc3)[C@@H](C)c3ccccc3)c2C)N=C1C. The number of aliphatic imine (C=N–C) groups is 2. The molecule has 2 aromatic heterocycles. The van der Waals surface area contributed by atoms with Crippen LogP contribution in [0.25, 0.3) is 12.2 Å². The van der Waals surface area contributed by atoms with Crippen LogP contribution < -0.4 is 0 Å². The number of halogens is 2. The van der Waals surface area contributed by atoms with Crippen molar-refractivity contribution in [3.05, 3.63) is 222 Å². The zero-order valence-corrected chi connectivity index (χ0v) is 47.7. The summed E-state index contributed by atoms with van der Waals surface area (Å²) in [6.07, 6.45) is 7.22. The minimum atomic E-state index is -0.0558. The highest BCUT2D eigenvalue weighted by Gasteiger charge is 2.27. The van der Waals surface area contributed by atoms with Gasteiger partial charge in [-0.25, -0.2) is 0 Å². The Morgan fingerprint density at radius 3 is 1.18 bits per heavy atom. The Hall–Kier alpha value is -6.36. The van der Waals surface area contributed by atoms with Gasteiger partial charge in [-0.3, -0.25) is 19.6 Å². The molecule has 8 rings (SSSR count). The van der Waals surface area contributed by atoms with Crippen LogP contribution in [0.15, 0.2) is 165 Å². The van der Waals surface area contributed by atoms with Gasteiger partial charge in [0.15, 0.2) is 0 Å². The van der Waals surface area contributed by atoms with Gasteiger partial charge in [-0.2, -0.15) is 0 Å². The Balaban J connectivity index is 0.00000435. The van der Waals surface area contributed by atoms with Crippen LogP contribution in [0.5, 0.6) is 0 Å². The molecular weight excluding hydrogens is 1030 g/mol.